The van der Waals surface area contributed by atoms with Gasteiger partial charge in [-0.2, -0.15) is 5.11 Å². The molecule has 0 amide bonds. The zero-order valence-corrected chi connectivity index (χ0v) is 14.0. The molecule has 0 aliphatic rings. The molecule has 23 heavy (non-hydrogen) atoms. The lowest BCUT2D eigenvalue weighted by molar-refractivity contribution is 0.470. The van der Waals surface area contributed by atoms with Gasteiger partial charge in [-0.25, -0.2) is 0 Å². The van der Waals surface area contributed by atoms with Crippen molar-refractivity contribution in [2.75, 3.05) is 0 Å². The summed E-state index contributed by atoms with van der Waals surface area (Å²) in [7, 11) is 0. The Morgan fingerprint density at radius 3 is 2.48 bits per heavy atom. The van der Waals surface area contributed by atoms with Gasteiger partial charge in [0.2, 0.25) is 0 Å². The normalized spacial score (nSPS) is 11.7. The Morgan fingerprint density at radius 2 is 1.83 bits per heavy atom. The van der Waals surface area contributed by atoms with Crippen LogP contribution in [-0.4, -0.2) is 5.11 Å². The average Bonchev–Trinajstić information content (AvgIpc) is 2.82. The molecule has 0 saturated carbocycles. The van der Waals surface area contributed by atoms with E-state index in [2.05, 4.69) is 10.2 Å². The van der Waals surface area contributed by atoms with Gasteiger partial charge >= 0.3 is 0 Å². The number of rotatable bonds is 3. The van der Waals surface area contributed by atoms with Crippen LogP contribution >= 0.6 is 11.6 Å². The molecule has 0 radical (unpaired) electrons. The van der Waals surface area contributed by atoms with Gasteiger partial charge in [0, 0.05) is 10.6 Å². The number of furan rings is 1. The molecule has 0 aliphatic heterocycles. The molecule has 0 unspecified atom stereocenters. The summed E-state index contributed by atoms with van der Waals surface area (Å²) < 4.78 is 5.77. The Bertz CT molecular complexity index is 896. The third-order valence-corrected chi connectivity index (χ3v) is 4.21. The van der Waals surface area contributed by atoms with E-state index >= 15 is 0 Å². The van der Waals surface area contributed by atoms with Gasteiger partial charge < -0.3 is 9.52 Å². The number of phenols is 1. The summed E-state index contributed by atoms with van der Waals surface area (Å²) >= 11 is 5.87. The van der Waals surface area contributed by atoms with E-state index in [1.54, 1.807) is 24.3 Å². The van der Waals surface area contributed by atoms with Crippen molar-refractivity contribution in [3.63, 3.8) is 0 Å². The van der Waals surface area contributed by atoms with Crippen LogP contribution < -0.4 is 0 Å². The number of nitrogens with zero attached hydrogens (tertiary/aromatic N) is 2. The van der Waals surface area contributed by atoms with Crippen LogP contribution in [0.15, 0.2) is 45.0 Å². The quantitative estimate of drug-likeness (QED) is 0.566. The number of aryl methyl sites for hydroxylation is 3. The maximum Gasteiger partial charge on any atom is 0.147 e. The Labute approximate surface area is 139 Å². The van der Waals surface area contributed by atoms with E-state index in [4.69, 9.17) is 16.0 Å². The van der Waals surface area contributed by atoms with Gasteiger partial charge in [-0.1, -0.05) is 18.5 Å². The molecule has 0 spiro atoms. The second-order valence-corrected chi connectivity index (χ2v) is 5.86. The fourth-order valence-corrected chi connectivity index (χ4v) is 2.65. The van der Waals surface area contributed by atoms with Crippen molar-refractivity contribution in [1.82, 2.24) is 0 Å². The summed E-state index contributed by atoms with van der Waals surface area (Å²) in [6.07, 6.45) is 0.685. The summed E-state index contributed by atoms with van der Waals surface area (Å²) in [4.78, 5) is 0. The van der Waals surface area contributed by atoms with Crippen molar-refractivity contribution in [3.8, 4) is 5.75 Å². The van der Waals surface area contributed by atoms with Gasteiger partial charge in [-0.3, -0.25) is 0 Å². The minimum atomic E-state index is 0.154. The number of azo groups is 1. The highest BCUT2D eigenvalue weighted by Crippen LogP contribution is 2.42. The van der Waals surface area contributed by atoms with Gasteiger partial charge in [0.15, 0.2) is 0 Å². The highest BCUT2D eigenvalue weighted by molar-refractivity contribution is 6.30. The number of benzene rings is 2. The summed E-state index contributed by atoms with van der Waals surface area (Å²) in [6, 6.07) is 8.92. The first-order valence-corrected chi connectivity index (χ1v) is 7.81. The zero-order valence-electron chi connectivity index (χ0n) is 13.2. The summed E-state index contributed by atoms with van der Waals surface area (Å²) in [5, 5.41) is 20.5. The maximum absolute atomic E-state index is 10.5. The Kier molecular flexibility index (Phi) is 4.09. The number of hydrogen-bond donors (Lipinski definition) is 1. The van der Waals surface area contributed by atoms with E-state index in [-0.39, 0.29) is 5.75 Å². The molecule has 118 valence electrons. The second kappa shape index (κ2) is 6.05. The number of aromatic hydroxyl groups is 1. The van der Waals surface area contributed by atoms with Gasteiger partial charge in [0.05, 0.1) is 11.1 Å². The van der Waals surface area contributed by atoms with Crippen LogP contribution in [0.2, 0.25) is 5.02 Å². The van der Waals surface area contributed by atoms with E-state index in [9.17, 15) is 5.11 Å². The highest BCUT2D eigenvalue weighted by atomic mass is 35.5. The molecule has 5 heteroatoms. The predicted octanol–water partition coefficient (Wildman–Crippen LogP) is 6.39. The molecule has 3 aromatic rings. The van der Waals surface area contributed by atoms with E-state index in [1.807, 2.05) is 26.8 Å². The Morgan fingerprint density at radius 1 is 1.13 bits per heavy atom. The molecule has 4 nitrogen and oxygen atoms in total. The molecular formula is C18H17ClN2O2. The first-order valence-electron chi connectivity index (χ1n) is 7.43. The number of fused-ring (bicyclic) bond motifs is 1. The van der Waals surface area contributed by atoms with Crippen LogP contribution in [0.5, 0.6) is 5.75 Å². The van der Waals surface area contributed by atoms with E-state index < -0.39 is 0 Å². The molecule has 0 saturated heterocycles. The topological polar surface area (TPSA) is 58.1 Å². The smallest absolute Gasteiger partial charge is 0.147 e. The average molecular weight is 329 g/mol. The standard InChI is InChI=1S/C18H17ClN2O2/c1-4-12-9-15-16(10(2)11(3)23-15)17(18(12)22)21-20-14-7-5-13(19)6-8-14/h5-9,22H,4H2,1-3H3. The lowest BCUT2D eigenvalue weighted by atomic mass is 10.0. The van der Waals surface area contributed by atoms with E-state index in [0.717, 1.165) is 27.9 Å². The molecule has 3 rings (SSSR count). The minimum absolute atomic E-state index is 0.154. The van der Waals surface area contributed by atoms with Crippen molar-refractivity contribution >= 4 is 33.9 Å². The molecule has 0 fully saturated rings. The summed E-state index contributed by atoms with van der Waals surface area (Å²) in [5.74, 6) is 0.970. The van der Waals surface area contributed by atoms with E-state index in [0.29, 0.717) is 22.8 Å². The molecule has 1 N–H and O–H groups in total. The zero-order chi connectivity index (χ0) is 16.6. The van der Waals surface area contributed by atoms with Crippen molar-refractivity contribution < 1.29 is 9.52 Å². The monoisotopic (exact) mass is 328 g/mol. The molecule has 0 bridgehead atoms. The summed E-state index contributed by atoms with van der Waals surface area (Å²) in [6.45, 7) is 5.83. The third-order valence-electron chi connectivity index (χ3n) is 3.96. The fourth-order valence-electron chi connectivity index (χ4n) is 2.53. The van der Waals surface area contributed by atoms with Gasteiger partial charge in [-0.05, 0) is 56.2 Å². The van der Waals surface area contributed by atoms with Crippen LogP contribution in [-0.2, 0) is 6.42 Å². The Balaban J connectivity index is 2.18. The van der Waals surface area contributed by atoms with Gasteiger partial charge in [-0.15, -0.1) is 5.11 Å². The van der Waals surface area contributed by atoms with Crippen LogP contribution in [0, 0.1) is 13.8 Å². The van der Waals surface area contributed by atoms with Gasteiger partial charge in [0.1, 0.15) is 22.8 Å². The second-order valence-electron chi connectivity index (χ2n) is 5.42. The van der Waals surface area contributed by atoms with Crippen molar-refractivity contribution in [2.24, 2.45) is 10.2 Å². The number of hydrogen-bond acceptors (Lipinski definition) is 4. The third kappa shape index (κ3) is 2.82. The lowest BCUT2D eigenvalue weighted by Crippen LogP contribution is -1.83. The molecule has 1 aromatic heterocycles. The largest absolute Gasteiger partial charge is 0.505 e. The first kappa shape index (κ1) is 15.6. The maximum atomic E-state index is 10.5. The predicted molar refractivity (Wildman–Crippen MR) is 92.4 cm³/mol. The number of halogens is 1. The summed E-state index contributed by atoms with van der Waals surface area (Å²) in [5.41, 5.74) is 3.59. The van der Waals surface area contributed by atoms with Crippen LogP contribution in [0.1, 0.15) is 23.8 Å². The SMILES string of the molecule is CCc1cc2oc(C)c(C)c2c(N=Nc2ccc(Cl)cc2)c1O. The lowest BCUT2D eigenvalue weighted by Gasteiger charge is -2.06. The molecule has 2 aromatic carbocycles. The molecular weight excluding hydrogens is 312 g/mol. The van der Waals surface area contributed by atoms with Gasteiger partial charge in [0.25, 0.3) is 0 Å². The molecule has 0 atom stereocenters. The Hall–Kier alpha value is -2.33. The van der Waals surface area contributed by atoms with Crippen molar-refractivity contribution in [1.29, 1.82) is 0 Å². The minimum Gasteiger partial charge on any atom is -0.505 e. The first-order chi connectivity index (χ1) is 11.0. The van der Waals surface area contributed by atoms with Crippen LogP contribution in [0.3, 0.4) is 0 Å². The molecule has 0 aliphatic carbocycles. The highest BCUT2D eigenvalue weighted by Gasteiger charge is 2.18. The number of phenolic OH excluding ortho intramolecular Hbond substituents is 1. The fraction of sp³-hybridized carbons (Fsp3) is 0.222. The van der Waals surface area contributed by atoms with E-state index in [1.165, 1.54) is 0 Å². The van der Waals surface area contributed by atoms with Crippen molar-refractivity contribution in [2.45, 2.75) is 27.2 Å². The van der Waals surface area contributed by atoms with Crippen molar-refractivity contribution in [3.05, 3.63) is 52.2 Å². The van der Waals surface area contributed by atoms with Crippen LogP contribution in [0.4, 0.5) is 11.4 Å². The molecule has 1 heterocycles. The van der Waals surface area contributed by atoms with Crippen LogP contribution in [0.25, 0.3) is 11.0 Å².